The zero-order valence-electron chi connectivity index (χ0n) is 9.16. The summed E-state index contributed by atoms with van der Waals surface area (Å²) in [5.41, 5.74) is 0. The van der Waals surface area contributed by atoms with Crippen molar-refractivity contribution in [1.29, 1.82) is 0 Å². The average Bonchev–Trinajstić information content (AvgIpc) is 2.34. The number of hydrogen-bond acceptors (Lipinski definition) is 5. The van der Waals surface area contributed by atoms with E-state index in [1.807, 2.05) is 0 Å². The monoisotopic (exact) mass is 268 g/mol. The normalized spacial score (nSPS) is 30.5. The van der Waals surface area contributed by atoms with E-state index < -0.39 is 32.4 Å². The van der Waals surface area contributed by atoms with Gasteiger partial charge in [-0.1, -0.05) is 13.8 Å². The fourth-order valence-electron chi connectivity index (χ4n) is 1.62. The summed E-state index contributed by atoms with van der Waals surface area (Å²) in [7, 11) is -3.21. The van der Waals surface area contributed by atoms with Crippen molar-refractivity contribution in [1.82, 2.24) is 0 Å². The van der Waals surface area contributed by atoms with Gasteiger partial charge in [-0.05, 0) is 5.92 Å². The number of carbonyl (C=O) groups is 1. The molecule has 5 nitrogen and oxygen atoms in total. The third-order valence-electron chi connectivity index (χ3n) is 2.44. The summed E-state index contributed by atoms with van der Waals surface area (Å²) in [6.45, 7) is 3.53. The van der Waals surface area contributed by atoms with Crippen LogP contribution < -0.4 is 0 Å². The molecule has 0 saturated carbocycles. The van der Waals surface area contributed by atoms with Crippen molar-refractivity contribution in [3.05, 3.63) is 0 Å². The van der Waals surface area contributed by atoms with Crippen LogP contribution in [0.3, 0.4) is 0 Å². The molecular formula is C9H16O5S2. The highest BCUT2D eigenvalue weighted by Crippen LogP contribution is 2.31. The Hall–Kier alpha value is -0.270. The predicted octanol–water partition coefficient (Wildman–Crippen LogP) is -0.0133. The van der Waals surface area contributed by atoms with Gasteiger partial charge in [-0.3, -0.25) is 4.79 Å². The van der Waals surface area contributed by atoms with Crippen molar-refractivity contribution in [3.63, 3.8) is 0 Å². The largest absolute Gasteiger partial charge is 0.480 e. The van der Waals surface area contributed by atoms with Gasteiger partial charge in [0.2, 0.25) is 0 Å². The number of carboxylic acid groups (broad SMARTS) is 1. The zero-order chi connectivity index (χ0) is 12.5. The molecule has 3 atom stereocenters. The van der Waals surface area contributed by atoms with E-state index >= 15 is 0 Å². The Morgan fingerprint density at radius 2 is 1.94 bits per heavy atom. The van der Waals surface area contributed by atoms with Gasteiger partial charge in [-0.25, -0.2) is 8.42 Å². The molecule has 0 spiro atoms. The molecule has 1 rings (SSSR count). The van der Waals surface area contributed by atoms with E-state index in [0.29, 0.717) is 0 Å². The van der Waals surface area contributed by atoms with Gasteiger partial charge in [-0.15, -0.1) is 11.8 Å². The fourth-order valence-corrected chi connectivity index (χ4v) is 5.37. The number of carboxylic acids is 1. The maximum atomic E-state index is 11.3. The van der Waals surface area contributed by atoms with Crippen LogP contribution in [0.15, 0.2) is 0 Å². The summed E-state index contributed by atoms with van der Waals surface area (Å²) in [4.78, 5) is 10.9. The van der Waals surface area contributed by atoms with E-state index in [2.05, 4.69) is 0 Å². The highest BCUT2D eigenvalue weighted by atomic mass is 32.2. The SMILES string of the molecule is CC(C)C(SC1CS(=O)(=O)CC1O)C(=O)O. The molecule has 1 aliphatic heterocycles. The first-order valence-electron chi connectivity index (χ1n) is 4.99. The van der Waals surface area contributed by atoms with Crippen molar-refractivity contribution in [2.75, 3.05) is 11.5 Å². The van der Waals surface area contributed by atoms with Crippen LogP contribution >= 0.6 is 11.8 Å². The Morgan fingerprint density at radius 3 is 2.25 bits per heavy atom. The molecule has 1 saturated heterocycles. The van der Waals surface area contributed by atoms with Crippen LogP contribution in [-0.2, 0) is 14.6 Å². The van der Waals surface area contributed by atoms with Crippen LogP contribution in [0.1, 0.15) is 13.8 Å². The first-order valence-corrected chi connectivity index (χ1v) is 7.76. The van der Waals surface area contributed by atoms with Crippen molar-refractivity contribution < 1.29 is 23.4 Å². The molecule has 3 unspecified atom stereocenters. The number of hydrogen-bond donors (Lipinski definition) is 2. The molecule has 16 heavy (non-hydrogen) atoms. The topological polar surface area (TPSA) is 91.7 Å². The molecule has 94 valence electrons. The zero-order valence-corrected chi connectivity index (χ0v) is 10.8. The summed E-state index contributed by atoms with van der Waals surface area (Å²) in [6.07, 6.45) is -0.949. The van der Waals surface area contributed by atoms with Crippen molar-refractivity contribution in [2.45, 2.75) is 30.5 Å². The van der Waals surface area contributed by atoms with E-state index in [9.17, 15) is 18.3 Å². The van der Waals surface area contributed by atoms with E-state index in [-0.39, 0.29) is 17.4 Å². The van der Waals surface area contributed by atoms with E-state index in [4.69, 9.17) is 5.11 Å². The third kappa shape index (κ3) is 3.36. The standard InChI is InChI=1S/C9H16O5S2/c1-5(2)8(9(11)12)15-7-4-16(13,14)3-6(7)10/h5-8,10H,3-4H2,1-2H3,(H,11,12). The number of aliphatic carboxylic acids is 1. The van der Waals surface area contributed by atoms with Gasteiger partial charge < -0.3 is 10.2 Å². The maximum Gasteiger partial charge on any atom is 0.316 e. The van der Waals surface area contributed by atoms with Crippen LogP contribution in [-0.4, -0.2) is 52.7 Å². The van der Waals surface area contributed by atoms with E-state index in [0.717, 1.165) is 11.8 Å². The Morgan fingerprint density at radius 1 is 1.38 bits per heavy atom. The molecule has 0 amide bonds. The lowest BCUT2D eigenvalue weighted by molar-refractivity contribution is -0.137. The molecule has 1 fully saturated rings. The quantitative estimate of drug-likeness (QED) is 0.745. The second-order valence-corrected chi connectivity index (χ2v) is 7.86. The molecule has 1 heterocycles. The lowest BCUT2D eigenvalue weighted by atomic mass is 10.1. The minimum Gasteiger partial charge on any atom is -0.480 e. The van der Waals surface area contributed by atoms with Gasteiger partial charge >= 0.3 is 5.97 Å². The number of aliphatic hydroxyl groups is 1. The smallest absolute Gasteiger partial charge is 0.316 e. The number of rotatable bonds is 4. The number of aliphatic hydroxyl groups excluding tert-OH is 1. The average molecular weight is 268 g/mol. The summed E-state index contributed by atoms with van der Waals surface area (Å²) in [5.74, 6) is -1.45. The third-order valence-corrected chi connectivity index (χ3v) is 6.24. The second kappa shape index (κ2) is 4.93. The Balaban J connectivity index is 2.70. The Kier molecular flexibility index (Phi) is 4.25. The van der Waals surface area contributed by atoms with Crippen molar-refractivity contribution >= 4 is 27.6 Å². The van der Waals surface area contributed by atoms with Crippen LogP contribution in [0.5, 0.6) is 0 Å². The molecule has 2 N–H and O–H groups in total. The van der Waals surface area contributed by atoms with E-state index in [1.165, 1.54) is 0 Å². The van der Waals surface area contributed by atoms with Gasteiger partial charge in [0, 0.05) is 5.25 Å². The van der Waals surface area contributed by atoms with Crippen molar-refractivity contribution in [3.8, 4) is 0 Å². The lowest BCUT2D eigenvalue weighted by Gasteiger charge is -2.20. The lowest BCUT2D eigenvalue weighted by Crippen LogP contribution is -2.30. The van der Waals surface area contributed by atoms with Crippen LogP contribution in [0.2, 0.25) is 0 Å². The fraction of sp³-hybridized carbons (Fsp3) is 0.889. The summed E-state index contributed by atoms with van der Waals surface area (Å²) < 4.78 is 22.5. The predicted molar refractivity (Wildman–Crippen MR) is 62.3 cm³/mol. The molecule has 1 aliphatic rings. The first-order chi connectivity index (χ1) is 7.23. The molecule has 0 aromatic carbocycles. The molecule has 0 aromatic rings. The molecule has 0 aliphatic carbocycles. The van der Waals surface area contributed by atoms with Gasteiger partial charge in [0.1, 0.15) is 5.25 Å². The highest BCUT2D eigenvalue weighted by Gasteiger charge is 2.40. The molecule has 0 aromatic heterocycles. The highest BCUT2D eigenvalue weighted by molar-refractivity contribution is 8.03. The van der Waals surface area contributed by atoms with Gasteiger partial charge in [-0.2, -0.15) is 0 Å². The van der Waals surface area contributed by atoms with Crippen molar-refractivity contribution in [2.24, 2.45) is 5.92 Å². The molecule has 7 heteroatoms. The van der Waals surface area contributed by atoms with Gasteiger partial charge in [0.15, 0.2) is 9.84 Å². The summed E-state index contributed by atoms with van der Waals surface area (Å²) in [5, 5.41) is 17.3. The van der Waals surface area contributed by atoms with Crippen LogP contribution in [0, 0.1) is 5.92 Å². The summed E-state index contributed by atoms with van der Waals surface area (Å²) in [6, 6.07) is 0. The minimum absolute atomic E-state index is 0.0991. The van der Waals surface area contributed by atoms with Gasteiger partial charge in [0.05, 0.1) is 17.6 Å². The first kappa shape index (κ1) is 13.8. The Labute approximate surface area is 99.2 Å². The van der Waals surface area contributed by atoms with Crippen LogP contribution in [0.25, 0.3) is 0 Å². The Bertz CT molecular complexity index is 362. The molecular weight excluding hydrogens is 252 g/mol. The molecule has 0 radical (unpaired) electrons. The number of thioether (sulfide) groups is 1. The second-order valence-electron chi connectivity index (χ2n) is 4.32. The maximum absolute atomic E-state index is 11.3. The minimum atomic E-state index is -3.21. The van der Waals surface area contributed by atoms with Crippen LogP contribution in [0.4, 0.5) is 0 Å². The van der Waals surface area contributed by atoms with Gasteiger partial charge in [0.25, 0.3) is 0 Å². The number of sulfone groups is 1. The summed E-state index contributed by atoms with van der Waals surface area (Å²) >= 11 is 1.05. The molecule has 0 bridgehead atoms. The van der Waals surface area contributed by atoms with E-state index in [1.54, 1.807) is 13.8 Å².